The van der Waals surface area contributed by atoms with Crippen molar-refractivity contribution in [1.82, 2.24) is 4.37 Å². The third-order valence-electron chi connectivity index (χ3n) is 2.95. The van der Waals surface area contributed by atoms with Gasteiger partial charge in [-0.2, -0.15) is 4.37 Å². The number of nitrogens with one attached hydrogen (secondary N) is 1. The molecular weight excluding hydrogens is 290 g/mol. The number of hydrogen-bond donors (Lipinski definition) is 3. The molecule has 0 fully saturated rings. The van der Waals surface area contributed by atoms with Crippen LogP contribution in [0.15, 0.2) is 30.3 Å². The number of hydrogen-bond acceptors (Lipinski definition) is 5. The van der Waals surface area contributed by atoms with E-state index in [0.717, 1.165) is 17.1 Å². The fraction of sp³-hybridized carbons (Fsp3) is 0.214. The molecule has 0 saturated carbocycles. The summed E-state index contributed by atoms with van der Waals surface area (Å²) < 4.78 is 3.94. The van der Waals surface area contributed by atoms with Gasteiger partial charge in [0, 0.05) is 0 Å². The Bertz CT molecular complexity index is 655. The number of nitrogens with two attached hydrogens (primary N) is 1. The molecule has 7 heteroatoms. The Morgan fingerprint density at radius 2 is 2.05 bits per heavy atom. The number of carboxylic acid groups (broad SMARTS) is 1. The Morgan fingerprint density at radius 1 is 1.38 bits per heavy atom. The second-order valence-electron chi connectivity index (χ2n) is 4.56. The molecule has 2 aromatic rings. The van der Waals surface area contributed by atoms with Crippen LogP contribution < -0.4 is 11.1 Å². The Hall–Kier alpha value is -2.25. The number of aromatic carboxylic acids is 1. The standard InChI is InChI=1S/C14H15N3O3S/c1-8-11(14(19)20)13(21-17-8)16-12(18)10(15)7-9-5-3-2-4-6-9/h2-6,10H,7,15H2,1H3,(H,16,18)(H,19,20). The summed E-state index contributed by atoms with van der Waals surface area (Å²) in [7, 11) is 0. The molecular formula is C14H15N3O3S. The van der Waals surface area contributed by atoms with E-state index in [9.17, 15) is 9.59 Å². The molecule has 0 aliphatic rings. The molecule has 1 unspecified atom stereocenters. The number of amides is 1. The van der Waals surface area contributed by atoms with Gasteiger partial charge in [0.15, 0.2) is 0 Å². The molecule has 0 spiro atoms. The topological polar surface area (TPSA) is 105 Å². The number of benzene rings is 1. The SMILES string of the molecule is Cc1nsc(NC(=O)C(N)Cc2ccccc2)c1C(=O)O. The van der Waals surface area contributed by atoms with Gasteiger partial charge >= 0.3 is 5.97 Å². The molecule has 1 amide bonds. The van der Waals surface area contributed by atoms with Gasteiger partial charge in [0.1, 0.15) is 10.6 Å². The molecule has 0 aliphatic heterocycles. The third kappa shape index (κ3) is 3.65. The third-order valence-corrected chi connectivity index (χ3v) is 3.80. The van der Waals surface area contributed by atoms with Gasteiger partial charge in [-0.05, 0) is 30.4 Å². The molecule has 0 saturated heterocycles. The smallest absolute Gasteiger partial charge is 0.340 e. The summed E-state index contributed by atoms with van der Waals surface area (Å²) in [5.74, 6) is -1.54. The van der Waals surface area contributed by atoms with Crippen molar-refractivity contribution in [2.75, 3.05) is 5.32 Å². The van der Waals surface area contributed by atoms with E-state index in [1.807, 2.05) is 30.3 Å². The number of aromatic nitrogens is 1. The second-order valence-corrected chi connectivity index (χ2v) is 5.34. The van der Waals surface area contributed by atoms with Crippen LogP contribution in [0.3, 0.4) is 0 Å². The lowest BCUT2D eigenvalue weighted by atomic mass is 10.1. The maximum Gasteiger partial charge on any atom is 0.340 e. The first-order valence-electron chi connectivity index (χ1n) is 6.29. The van der Waals surface area contributed by atoms with Crippen LogP contribution >= 0.6 is 11.5 Å². The zero-order valence-corrected chi connectivity index (χ0v) is 12.2. The van der Waals surface area contributed by atoms with Crippen molar-refractivity contribution in [3.63, 3.8) is 0 Å². The first kappa shape index (κ1) is 15.1. The number of aryl methyl sites for hydroxylation is 1. The largest absolute Gasteiger partial charge is 0.478 e. The van der Waals surface area contributed by atoms with Gasteiger partial charge in [-0.15, -0.1) is 0 Å². The Labute approximate surface area is 125 Å². The van der Waals surface area contributed by atoms with Crippen molar-refractivity contribution in [3.05, 3.63) is 47.2 Å². The molecule has 0 radical (unpaired) electrons. The van der Waals surface area contributed by atoms with E-state index in [4.69, 9.17) is 10.8 Å². The lowest BCUT2D eigenvalue weighted by Gasteiger charge is -2.11. The van der Waals surface area contributed by atoms with Gasteiger partial charge in [0.05, 0.1) is 11.7 Å². The number of rotatable bonds is 5. The predicted octanol–water partition coefficient (Wildman–Crippen LogP) is 1.66. The molecule has 0 aliphatic carbocycles. The van der Waals surface area contributed by atoms with Gasteiger partial charge in [0.25, 0.3) is 0 Å². The van der Waals surface area contributed by atoms with Crippen LogP contribution in [0.1, 0.15) is 21.6 Å². The molecule has 2 rings (SSSR count). The van der Waals surface area contributed by atoms with Crippen LogP contribution in [0.25, 0.3) is 0 Å². The number of carbonyl (C=O) groups excluding carboxylic acids is 1. The highest BCUT2D eigenvalue weighted by atomic mass is 32.1. The number of carboxylic acids is 1. The Balaban J connectivity index is 2.06. The van der Waals surface area contributed by atoms with Crippen LogP contribution in [-0.4, -0.2) is 27.4 Å². The summed E-state index contributed by atoms with van der Waals surface area (Å²) in [5, 5.41) is 11.9. The maximum absolute atomic E-state index is 12.1. The lowest BCUT2D eigenvalue weighted by molar-refractivity contribution is -0.117. The van der Waals surface area contributed by atoms with E-state index in [1.165, 1.54) is 0 Å². The molecule has 6 nitrogen and oxygen atoms in total. The van der Waals surface area contributed by atoms with E-state index < -0.39 is 17.9 Å². The van der Waals surface area contributed by atoms with Gasteiger partial charge in [-0.3, -0.25) is 4.79 Å². The zero-order valence-electron chi connectivity index (χ0n) is 11.4. The average Bonchev–Trinajstić information content (AvgIpc) is 2.80. The van der Waals surface area contributed by atoms with Gasteiger partial charge in [0.2, 0.25) is 5.91 Å². The van der Waals surface area contributed by atoms with Gasteiger partial charge < -0.3 is 16.2 Å². The maximum atomic E-state index is 12.1. The minimum absolute atomic E-state index is 0.0141. The monoisotopic (exact) mass is 305 g/mol. The number of anilines is 1. The summed E-state index contributed by atoms with van der Waals surface area (Å²) in [6, 6.07) is 8.63. The molecule has 4 N–H and O–H groups in total. The summed E-state index contributed by atoms with van der Waals surface area (Å²) in [6.45, 7) is 1.58. The van der Waals surface area contributed by atoms with Crippen molar-refractivity contribution in [2.24, 2.45) is 5.73 Å². The minimum Gasteiger partial charge on any atom is -0.478 e. The van der Waals surface area contributed by atoms with Crippen molar-refractivity contribution in [1.29, 1.82) is 0 Å². The van der Waals surface area contributed by atoms with E-state index >= 15 is 0 Å². The lowest BCUT2D eigenvalue weighted by Crippen LogP contribution is -2.37. The van der Waals surface area contributed by atoms with E-state index in [2.05, 4.69) is 9.69 Å². The Morgan fingerprint density at radius 3 is 2.67 bits per heavy atom. The van der Waals surface area contributed by atoms with Crippen molar-refractivity contribution in [2.45, 2.75) is 19.4 Å². The highest BCUT2D eigenvalue weighted by Crippen LogP contribution is 2.24. The molecule has 1 heterocycles. The molecule has 1 aromatic carbocycles. The quantitative estimate of drug-likeness (QED) is 0.779. The fourth-order valence-electron chi connectivity index (χ4n) is 1.87. The average molecular weight is 305 g/mol. The van der Waals surface area contributed by atoms with Crippen molar-refractivity contribution >= 4 is 28.4 Å². The van der Waals surface area contributed by atoms with Crippen LogP contribution in [0.2, 0.25) is 0 Å². The molecule has 21 heavy (non-hydrogen) atoms. The highest BCUT2D eigenvalue weighted by Gasteiger charge is 2.21. The predicted molar refractivity (Wildman–Crippen MR) is 80.6 cm³/mol. The highest BCUT2D eigenvalue weighted by molar-refractivity contribution is 7.11. The second kappa shape index (κ2) is 6.47. The van der Waals surface area contributed by atoms with Gasteiger partial charge in [-0.25, -0.2) is 4.79 Å². The summed E-state index contributed by atoms with van der Waals surface area (Å²) >= 11 is 0.938. The van der Waals surface area contributed by atoms with E-state index in [-0.39, 0.29) is 10.6 Å². The first-order chi connectivity index (χ1) is 9.99. The zero-order chi connectivity index (χ0) is 15.4. The normalized spacial score (nSPS) is 11.9. The van der Waals surface area contributed by atoms with E-state index in [0.29, 0.717) is 12.1 Å². The van der Waals surface area contributed by atoms with E-state index in [1.54, 1.807) is 6.92 Å². The molecule has 1 aromatic heterocycles. The van der Waals surface area contributed by atoms with Crippen LogP contribution in [0, 0.1) is 6.92 Å². The summed E-state index contributed by atoms with van der Waals surface area (Å²) in [4.78, 5) is 23.2. The minimum atomic E-state index is -1.12. The molecule has 110 valence electrons. The summed E-state index contributed by atoms with van der Waals surface area (Å²) in [5.41, 5.74) is 7.19. The molecule has 1 atom stereocenters. The number of nitrogens with zero attached hydrogens (tertiary/aromatic N) is 1. The summed E-state index contributed by atoms with van der Waals surface area (Å²) in [6.07, 6.45) is 0.382. The van der Waals surface area contributed by atoms with Crippen LogP contribution in [0.4, 0.5) is 5.00 Å². The Kier molecular flexibility index (Phi) is 4.66. The molecule has 0 bridgehead atoms. The van der Waals surface area contributed by atoms with Crippen molar-refractivity contribution < 1.29 is 14.7 Å². The fourth-order valence-corrected chi connectivity index (χ4v) is 2.66. The van der Waals surface area contributed by atoms with Gasteiger partial charge in [-0.1, -0.05) is 30.3 Å². The van der Waals surface area contributed by atoms with Crippen LogP contribution in [-0.2, 0) is 11.2 Å². The van der Waals surface area contributed by atoms with Crippen LogP contribution in [0.5, 0.6) is 0 Å². The van der Waals surface area contributed by atoms with Crippen molar-refractivity contribution in [3.8, 4) is 0 Å². The number of carbonyl (C=O) groups is 2. The first-order valence-corrected chi connectivity index (χ1v) is 7.06.